The lowest BCUT2D eigenvalue weighted by atomic mass is 10.1. The van der Waals surface area contributed by atoms with Crippen molar-refractivity contribution in [1.82, 2.24) is 14.5 Å². The largest absolute Gasteiger partial charge is 0.494 e. The maximum atomic E-state index is 5.67. The lowest BCUT2D eigenvalue weighted by Crippen LogP contribution is -1.98. The molecule has 28 heavy (non-hydrogen) atoms. The van der Waals surface area contributed by atoms with Crippen molar-refractivity contribution in [1.29, 1.82) is 0 Å². The second-order valence-corrected chi connectivity index (χ2v) is 7.40. The van der Waals surface area contributed by atoms with E-state index < -0.39 is 0 Å². The average molecular weight is 391 g/mol. The molecule has 0 aliphatic heterocycles. The molecule has 0 bridgehead atoms. The molecule has 2 heterocycles. The number of hydrogen-bond acceptors (Lipinski definition) is 5. The smallest absolute Gasteiger partial charge is 0.187 e. The SMILES string of the molecule is CCOc1cc(C)c(Nc2nc(-c3ccc(-n4ccnc4)cc3)cs2)cc1C. The molecule has 0 saturated carbocycles. The highest BCUT2D eigenvalue weighted by atomic mass is 32.1. The Labute approximate surface area is 168 Å². The predicted molar refractivity (Wildman–Crippen MR) is 115 cm³/mol. The first-order valence-corrected chi connectivity index (χ1v) is 10.1. The highest BCUT2D eigenvalue weighted by molar-refractivity contribution is 7.14. The second kappa shape index (κ2) is 7.86. The topological polar surface area (TPSA) is 52.0 Å². The number of benzene rings is 2. The summed E-state index contributed by atoms with van der Waals surface area (Å²) in [5.74, 6) is 0.934. The van der Waals surface area contributed by atoms with Gasteiger partial charge in [-0.15, -0.1) is 11.3 Å². The number of rotatable bonds is 6. The van der Waals surface area contributed by atoms with Gasteiger partial charge in [-0.2, -0.15) is 0 Å². The number of imidazole rings is 1. The van der Waals surface area contributed by atoms with Crippen molar-refractivity contribution in [2.75, 3.05) is 11.9 Å². The van der Waals surface area contributed by atoms with E-state index in [0.717, 1.165) is 44.6 Å². The van der Waals surface area contributed by atoms with Crippen LogP contribution >= 0.6 is 11.3 Å². The summed E-state index contributed by atoms with van der Waals surface area (Å²) in [5, 5.41) is 6.40. The van der Waals surface area contributed by atoms with Crippen LogP contribution < -0.4 is 10.1 Å². The molecule has 142 valence electrons. The molecule has 0 aliphatic carbocycles. The van der Waals surface area contributed by atoms with Crippen molar-refractivity contribution in [3.05, 3.63) is 71.6 Å². The van der Waals surface area contributed by atoms with Gasteiger partial charge in [0.15, 0.2) is 5.13 Å². The Bertz CT molecular complexity index is 1070. The Morgan fingerprint density at radius 2 is 1.93 bits per heavy atom. The van der Waals surface area contributed by atoms with Crippen molar-refractivity contribution in [3.63, 3.8) is 0 Å². The molecule has 5 nitrogen and oxygen atoms in total. The molecular formula is C22H22N4OS. The fourth-order valence-corrected chi connectivity index (χ4v) is 3.76. The first kappa shape index (κ1) is 18.3. The van der Waals surface area contributed by atoms with Crippen molar-refractivity contribution in [3.8, 4) is 22.7 Å². The van der Waals surface area contributed by atoms with Gasteiger partial charge in [0.2, 0.25) is 0 Å². The van der Waals surface area contributed by atoms with Crippen molar-refractivity contribution in [2.24, 2.45) is 0 Å². The molecule has 1 N–H and O–H groups in total. The molecule has 6 heteroatoms. The molecule has 0 radical (unpaired) electrons. The van der Waals surface area contributed by atoms with Gasteiger partial charge in [-0.25, -0.2) is 9.97 Å². The number of ether oxygens (including phenoxy) is 1. The van der Waals surface area contributed by atoms with E-state index in [1.54, 1.807) is 23.9 Å². The van der Waals surface area contributed by atoms with Gasteiger partial charge in [0.25, 0.3) is 0 Å². The van der Waals surface area contributed by atoms with E-state index in [4.69, 9.17) is 9.72 Å². The van der Waals surface area contributed by atoms with Crippen LogP contribution in [-0.4, -0.2) is 21.1 Å². The van der Waals surface area contributed by atoms with Gasteiger partial charge in [-0.3, -0.25) is 0 Å². The van der Waals surface area contributed by atoms with Crippen molar-refractivity contribution >= 4 is 22.2 Å². The first-order chi connectivity index (χ1) is 13.6. The number of hydrogen-bond donors (Lipinski definition) is 1. The van der Waals surface area contributed by atoms with Crippen molar-refractivity contribution < 1.29 is 4.74 Å². The maximum Gasteiger partial charge on any atom is 0.187 e. The zero-order valence-corrected chi connectivity index (χ0v) is 17.0. The summed E-state index contributed by atoms with van der Waals surface area (Å²) < 4.78 is 7.66. The Hall–Kier alpha value is -3.12. The van der Waals surface area contributed by atoms with E-state index in [9.17, 15) is 0 Å². The Kier molecular flexibility index (Phi) is 5.12. The quantitative estimate of drug-likeness (QED) is 0.455. The summed E-state index contributed by atoms with van der Waals surface area (Å²) in [6.07, 6.45) is 5.50. The van der Waals surface area contributed by atoms with E-state index in [1.165, 1.54) is 0 Å². The van der Waals surface area contributed by atoms with Crippen LogP contribution in [0.2, 0.25) is 0 Å². The predicted octanol–water partition coefficient (Wildman–Crippen LogP) is 5.75. The number of aromatic nitrogens is 3. The molecule has 4 rings (SSSR count). The van der Waals surface area contributed by atoms with Crippen LogP contribution in [0.3, 0.4) is 0 Å². The van der Waals surface area contributed by atoms with Gasteiger partial charge < -0.3 is 14.6 Å². The lowest BCUT2D eigenvalue weighted by molar-refractivity contribution is 0.338. The number of nitrogens with zero attached hydrogens (tertiary/aromatic N) is 3. The third kappa shape index (κ3) is 3.77. The molecule has 2 aromatic heterocycles. The van der Waals surface area contributed by atoms with Crippen LogP contribution in [0.1, 0.15) is 18.1 Å². The zero-order valence-electron chi connectivity index (χ0n) is 16.1. The summed E-state index contributed by atoms with van der Waals surface area (Å²) in [6, 6.07) is 12.5. The summed E-state index contributed by atoms with van der Waals surface area (Å²) in [7, 11) is 0. The number of anilines is 2. The lowest BCUT2D eigenvalue weighted by Gasteiger charge is -2.12. The van der Waals surface area contributed by atoms with Crippen LogP contribution in [-0.2, 0) is 0 Å². The second-order valence-electron chi connectivity index (χ2n) is 6.55. The number of aryl methyl sites for hydroxylation is 2. The summed E-state index contributed by atoms with van der Waals surface area (Å²) in [5.41, 5.74) is 6.43. The molecule has 4 aromatic rings. The van der Waals surface area contributed by atoms with Gasteiger partial charge in [0.1, 0.15) is 5.75 Å². The normalized spacial score (nSPS) is 10.8. The maximum absolute atomic E-state index is 5.67. The molecule has 0 unspecified atom stereocenters. The zero-order chi connectivity index (χ0) is 19.5. The van der Waals surface area contributed by atoms with Gasteiger partial charge >= 0.3 is 0 Å². The monoisotopic (exact) mass is 390 g/mol. The molecule has 0 saturated heterocycles. The molecule has 0 aliphatic rings. The number of thiazole rings is 1. The average Bonchev–Trinajstić information content (AvgIpc) is 3.38. The van der Waals surface area contributed by atoms with Crippen LogP contribution in [0, 0.1) is 13.8 Å². The van der Waals surface area contributed by atoms with E-state index in [2.05, 4.69) is 65.9 Å². The number of nitrogens with one attached hydrogen (secondary N) is 1. The molecule has 0 amide bonds. The minimum Gasteiger partial charge on any atom is -0.494 e. The van der Waals surface area contributed by atoms with E-state index in [-0.39, 0.29) is 0 Å². The van der Waals surface area contributed by atoms with Gasteiger partial charge in [0, 0.05) is 34.7 Å². The van der Waals surface area contributed by atoms with Crippen molar-refractivity contribution in [2.45, 2.75) is 20.8 Å². The molecule has 0 atom stereocenters. The Morgan fingerprint density at radius 1 is 1.11 bits per heavy atom. The Balaban J connectivity index is 1.53. The molecule has 0 fully saturated rings. The molecular weight excluding hydrogens is 368 g/mol. The molecule has 0 spiro atoms. The minimum atomic E-state index is 0.669. The summed E-state index contributed by atoms with van der Waals surface area (Å²) in [6.45, 7) is 6.81. The van der Waals surface area contributed by atoms with E-state index >= 15 is 0 Å². The Morgan fingerprint density at radius 3 is 2.64 bits per heavy atom. The first-order valence-electron chi connectivity index (χ1n) is 9.19. The van der Waals surface area contributed by atoms with Gasteiger partial charge in [-0.05, 0) is 56.2 Å². The summed E-state index contributed by atoms with van der Waals surface area (Å²) >= 11 is 1.60. The highest BCUT2D eigenvalue weighted by Crippen LogP contribution is 2.31. The van der Waals surface area contributed by atoms with Crippen LogP contribution in [0.15, 0.2) is 60.5 Å². The molecule has 2 aromatic carbocycles. The van der Waals surface area contributed by atoms with Gasteiger partial charge in [0.05, 0.1) is 18.6 Å². The van der Waals surface area contributed by atoms with Gasteiger partial charge in [-0.1, -0.05) is 12.1 Å². The van der Waals surface area contributed by atoms with Crippen LogP contribution in [0.4, 0.5) is 10.8 Å². The fourth-order valence-electron chi connectivity index (χ4n) is 3.03. The van der Waals surface area contributed by atoms with Crippen LogP contribution in [0.5, 0.6) is 5.75 Å². The minimum absolute atomic E-state index is 0.669. The third-order valence-electron chi connectivity index (χ3n) is 4.53. The highest BCUT2D eigenvalue weighted by Gasteiger charge is 2.09. The van der Waals surface area contributed by atoms with E-state index in [0.29, 0.717) is 6.61 Å². The van der Waals surface area contributed by atoms with E-state index in [1.807, 2.05) is 17.7 Å². The summed E-state index contributed by atoms with van der Waals surface area (Å²) in [4.78, 5) is 8.84. The standard InChI is InChI=1S/C22H22N4OS/c1-4-27-21-12-15(2)19(11-16(21)3)24-22-25-20(13-28-22)17-5-7-18(8-6-17)26-10-9-23-14-26/h5-14H,4H2,1-3H3,(H,24,25). The third-order valence-corrected chi connectivity index (χ3v) is 5.29. The fraction of sp³-hybridized carbons (Fsp3) is 0.182. The van der Waals surface area contributed by atoms with Crippen LogP contribution in [0.25, 0.3) is 16.9 Å².